The van der Waals surface area contributed by atoms with E-state index in [2.05, 4.69) is 51.3 Å². The van der Waals surface area contributed by atoms with Crippen LogP contribution in [0.1, 0.15) is 68.2 Å². The van der Waals surface area contributed by atoms with Gasteiger partial charge in [-0.25, -0.2) is 9.59 Å². The van der Waals surface area contributed by atoms with Gasteiger partial charge in [0.05, 0.1) is 0 Å². The zero-order valence-electron chi connectivity index (χ0n) is 23.2. The molecule has 204 valence electrons. The van der Waals surface area contributed by atoms with Crippen LogP contribution in [-0.4, -0.2) is 38.4 Å². The number of hydrogen-bond acceptors (Lipinski definition) is 6. The van der Waals surface area contributed by atoms with Crippen molar-refractivity contribution in [1.29, 1.82) is 0 Å². The first-order valence-corrected chi connectivity index (χ1v) is 13.3. The molecule has 1 saturated carbocycles. The van der Waals surface area contributed by atoms with Crippen molar-refractivity contribution in [2.75, 3.05) is 26.4 Å². The van der Waals surface area contributed by atoms with Gasteiger partial charge in [-0.1, -0.05) is 44.6 Å². The van der Waals surface area contributed by atoms with E-state index < -0.39 is 11.9 Å². The Labute approximate surface area is 226 Å². The number of esters is 2. The molecule has 1 fully saturated rings. The van der Waals surface area contributed by atoms with Crippen LogP contribution in [0.2, 0.25) is 0 Å². The first-order chi connectivity index (χ1) is 18.1. The summed E-state index contributed by atoms with van der Waals surface area (Å²) in [5.41, 5.74) is 5.69. The lowest BCUT2D eigenvalue weighted by Crippen LogP contribution is -2.32. The van der Waals surface area contributed by atoms with E-state index in [1.807, 2.05) is 12.1 Å². The first-order valence-electron chi connectivity index (χ1n) is 13.3. The molecule has 0 bridgehead atoms. The molecule has 0 N–H and O–H groups in total. The quantitative estimate of drug-likeness (QED) is 0.180. The van der Waals surface area contributed by atoms with Crippen molar-refractivity contribution < 1.29 is 28.5 Å². The number of carbonyl (C=O) groups excluding carboxylic acids is 2. The molecule has 0 saturated heterocycles. The van der Waals surface area contributed by atoms with Crippen LogP contribution in [0.3, 0.4) is 0 Å². The van der Waals surface area contributed by atoms with Crippen molar-refractivity contribution in [2.24, 2.45) is 0 Å². The number of hydrogen-bond donors (Lipinski definition) is 0. The number of rotatable bonds is 12. The molecule has 1 aliphatic rings. The summed E-state index contributed by atoms with van der Waals surface area (Å²) >= 11 is 0. The van der Waals surface area contributed by atoms with Crippen molar-refractivity contribution in [2.45, 2.75) is 65.2 Å². The molecule has 0 unspecified atom stereocenters. The molecule has 0 radical (unpaired) electrons. The molecule has 0 aromatic heterocycles. The summed E-state index contributed by atoms with van der Waals surface area (Å²) in [6.45, 7) is 15.6. The van der Waals surface area contributed by atoms with Gasteiger partial charge in [0.1, 0.15) is 37.9 Å². The molecule has 0 atom stereocenters. The van der Waals surface area contributed by atoms with E-state index in [0.29, 0.717) is 11.1 Å². The van der Waals surface area contributed by atoms with Gasteiger partial charge in [-0.2, -0.15) is 0 Å². The van der Waals surface area contributed by atoms with Crippen LogP contribution in [0, 0.1) is 13.8 Å². The average Bonchev–Trinajstić information content (AvgIpc) is 2.89. The van der Waals surface area contributed by atoms with Gasteiger partial charge in [0.15, 0.2) is 0 Å². The maximum absolute atomic E-state index is 11.6. The van der Waals surface area contributed by atoms with Crippen LogP contribution < -0.4 is 9.47 Å². The Hall–Kier alpha value is -3.54. The Morgan fingerprint density at radius 1 is 0.711 bits per heavy atom. The van der Waals surface area contributed by atoms with E-state index in [0.717, 1.165) is 24.3 Å². The van der Waals surface area contributed by atoms with Gasteiger partial charge in [0.25, 0.3) is 0 Å². The van der Waals surface area contributed by atoms with Crippen molar-refractivity contribution in [3.8, 4) is 11.5 Å². The Balaban J connectivity index is 1.73. The van der Waals surface area contributed by atoms with Gasteiger partial charge in [-0.15, -0.1) is 0 Å². The van der Waals surface area contributed by atoms with E-state index in [4.69, 9.17) is 18.9 Å². The predicted octanol–water partition coefficient (Wildman–Crippen LogP) is 6.55. The van der Waals surface area contributed by atoms with Crippen molar-refractivity contribution in [3.05, 3.63) is 83.0 Å². The Morgan fingerprint density at radius 2 is 1.13 bits per heavy atom. The number of aryl methyl sites for hydroxylation is 2. The molecule has 3 rings (SSSR count). The summed E-state index contributed by atoms with van der Waals surface area (Å²) in [7, 11) is 0. The fourth-order valence-corrected chi connectivity index (χ4v) is 5.20. The molecule has 2 aromatic rings. The molecule has 2 aromatic carbocycles. The second kappa shape index (κ2) is 13.3. The topological polar surface area (TPSA) is 71.1 Å². The van der Waals surface area contributed by atoms with Crippen LogP contribution in [-0.2, 0) is 24.5 Å². The minimum atomic E-state index is -0.405. The van der Waals surface area contributed by atoms with E-state index in [1.165, 1.54) is 41.5 Å². The van der Waals surface area contributed by atoms with Crippen molar-refractivity contribution >= 4 is 11.9 Å². The molecular formula is C32H40O6. The largest absolute Gasteiger partial charge is 0.490 e. The molecule has 0 amide bonds. The minimum absolute atomic E-state index is 0.0719. The van der Waals surface area contributed by atoms with Crippen LogP contribution in [0.5, 0.6) is 11.5 Å². The summed E-state index contributed by atoms with van der Waals surface area (Å²) in [5, 5.41) is 0. The summed E-state index contributed by atoms with van der Waals surface area (Å²) in [4.78, 5) is 23.1. The van der Waals surface area contributed by atoms with E-state index >= 15 is 0 Å². The normalized spacial score (nSPS) is 14.3. The first kappa shape index (κ1) is 29.0. The highest BCUT2D eigenvalue weighted by Gasteiger charge is 2.38. The van der Waals surface area contributed by atoms with E-state index in [-0.39, 0.29) is 31.8 Å². The predicted molar refractivity (Wildman–Crippen MR) is 149 cm³/mol. The zero-order chi connectivity index (χ0) is 27.7. The summed E-state index contributed by atoms with van der Waals surface area (Å²) < 4.78 is 21.9. The van der Waals surface area contributed by atoms with Crippen LogP contribution in [0.4, 0.5) is 0 Å². The lowest BCUT2D eigenvalue weighted by molar-refractivity contribution is -0.140. The maximum atomic E-state index is 11.6. The number of benzene rings is 2. The smallest absolute Gasteiger partial charge is 0.333 e. The second-order valence-electron chi connectivity index (χ2n) is 10.1. The number of carbonyl (C=O) groups is 2. The van der Waals surface area contributed by atoms with Crippen LogP contribution in [0.25, 0.3) is 0 Å². The van der Waals surface area contributed by atoms with Crippen LogP contribution in [0.15, 0.2) is 60.7 Å². The summed E-state index contributed by atoms with van der Waals surface area (Å²) in [5.74, 6) is 0.711. The highest BCUT2D eigenvalue weighted by molar-refractivity contribution is 5.87. The van der Waals surface area contributed by atoms with Gasteiger partial charge in [-0.3, -0.25) is 0 Å². The lowest BCUT2D eigenvalue weighted by atomic mass is 9.63. The van der Waals surface area contributed by atoms with Gasteiger partial charge in [0.2, 0.25) is 0 Å². The van der Waals surface area contributed by atoms with Gasteiger partial charge < -0.3 is 18.9 Å². The molecule has 0 spiro atoms. The van der Waals surface area contributed by atoms with Crippen molar-refractivity contribution in [1.82, 2.24) is 0 Å². The monoisotopic (exact) mass is 520 g/mol. The van der Waals surface area contributed by atoms with E-state index in [9.17, 15) is 9.59 Å². The molecule has 0 aliphatic heterocycles. The molecule has 0 heterocycles. The molecule has 38 heavy (non-hydrogen) atoms. The third-order valence-corrected chi connectivity index (χ3v) is 7.00. The Kier molecular flexibility index (Phi) is 10.2. The van der Waals surface area contributed by atoms with Gasteiger partial charge >= 0.3 is 11.9 Å². The third kappa shape index (κ3) is 7.27. The minimum Gasteiger partial charge on any atom is -0.490 e. The Bertz CT molecular complexity index is 1090. The zero-order valence-corrected chi connectivity index (χ0v) is 23.2. The fourth-order valence-electron chi connectivity index (χ4n) is 5.20. The standard InChI is InChI=1S/C32H40O6/c1-22(2)30(33)37-18-16-35-26-10-12-28(24(5)20-26)32(14-8-7-9-15-32)29-13-11-27(21-25(29)6)36-17-19-38-31(34)23(3)4/h10-13,20-21H,1,3,7-9,14-19H2,2,4-6H3. The Morgan fingerprint density at radius 3 is 1.50 bits per heavy atom. The average molecular weight is 521 g/mol. The maximum Gasteiger partial charge on any atom is 0.333 e. The summed E-state index contributed by atoms with van der Waals surface area (Å²) in [6, 6.07) is 12.6. The van der Waals surface area contributed by atoms with Gasteiger partial charge in [-0.05, 0) is 87.1 Å². The highest BCUT2D eigenvalue weighted by atomic mass is 16.6. The summed E-state index contributed by atoms with van der Waals surface area (Å²) in [6.07, 6.45) is 5.77. The highest BCUT2D eigenvalue weighted by Crippen LogP contribution is 2.48. The molecule has 6 heteroatoms. The molecule has 1 aliphatic carbocycles. The van der Waals surface area contributed by atoms with Crippen molar-refractivity contribution in [3.63, 3.8) is 0 Å². The SMILES string of the molecule is C=C(C)C(=O)OCCOc1ccc(C2(c3ccc(OCCOC(=O)C(=C)C)cc3C)CCCCC2)c(C)c1. The van der Waals surface area contributed by atoms with E-state index in [1.54, 1.807) is 13.8 Å². The van der Waals surface area contributed by atoms with Crippen LogP contribution >= 0.6 is 0 Å². The molecular weight excluding hydrogens is 480 g/mol. The number of ether oxygens (including phenoxy) is 4. The lowest BCUT2D eigenvalue weighted by Gasteiger charge is -2.40. The second-order valence-corrected chi connectivity index (χ2v) is 10.1. The van der Waals surface area contributed by atoms with Gasteiger partial charge in [0, 0.05) is 16.6 Å². The fraction of sp³-hybridized carbons (Fsp3) is 0.438. The third-order valence-electron chi connectivity index (χ3n) is 7.00. The molecule has 6 nitrogen and oxygen atoms in total.